The molecule has 3 aromatic rings. The third-order valence-corrected chi connectivity index (χ3v) is 5.09. The van der Waals surface area contributed by atoms with E-state index < -0.39 is 0 Å². The number of ether oxygens (including phenoxy) is 2. The average molecular weight is 402 g/mol. The highest BCUT2D eigenvalue weighted by Crippen LogP contribution is 2.21. The number of para-hydroxylation sites is 1. The van der Waals surface area contributed by atoms with Gasteiger partial charge in [-0.05, 0) is 48.4 Å². The normalized spacial score (nSPS) is 13.7. The van der Waals surface area contributed by atoms with Crippen LogP contribution in [0.4, 0.5) is 5.82 Å². The third-order valence-electron chi connectivity index (χ3n) is 5.09. The molecule has 1 aliphatic rings. The number of pyridine rings is 1. The van der Waals surface area contributed by atoms with Crippen molar-refractivity contribution < 1.29 is 9.47 Å². The minimum Gasteiger partial charge on any atom is -0.457 e. The number of nitrogens with zero attached hydrogens (tertiary/aromatic N) is 2. The van der Waals surface area contributed by atoms with E-state index in [0.29, 0.717) is 0 Å². The standard InChI is InChI=1S/C25H27N3O2/c1-20(22-9-12-25(27-19-22)28-15-17-29-18-16-28)26-14-13-21-7-10-24(11-8-21)30-23-5-3-2-4-6-23/h2-12,19,26H,1,13-18H2. The molecule has 1 fully saturated rings. The number of aromatic nitrogens is 1. The van der Waals surface area contributed by atoms with Crippen molar-refractivity contribution in [3.63, 3.8) is 0 Å². The molecule has 5 nitrogen and oxygen atoms in total. The largest absolute Gasteiger partial charge is 0.457 e. The molecule has 2 aromatic carbocycles. The van der Waals surface area contributed by atoms with Crippen LogP contribution in [-0.4, -0.2) is 37.8 Å². The summed E-state index contributed by atoms with van der Waals surface area (Å²) in [6.07, 6.45) is 2.79. The summed E-state index contributed by atoms with van der Waals surface area (Å²) in [7, 11) is 0. The Labute approximate surface area is 178 Å². The Morgan fingerprint density at radius 2 is 1.70 bits per heavy atom. The molecule has 0 atom stereocenters. The van der Waals surface area contributed by atoms with Gasteiger partial charge in [-0.2, -0.15) is 0 Å². The molecule has 0 spiro atoms. The highest BCUT2D eigenvalue weighted by Gasteiger charge is 2.12. The van der Waals surface area contributed by atoms with Crippen LogP contribution < -0.4 is 15.0 Å². The Bertz CT molecular complexity index is 934. The molecule has 4 rings (SSSR count). The molecule has 30 heavy (non-hydrogen) atoms. The van der Waals surface area contributed by atoms with Crippen LogP contribution in [0.1, 0.15) is 11.1 Å². The zero-order valence-corrected chi connectivity index (χ0v) is 17.1. The quantitative estimate of drug-likeness (QED) is 0.602. The Hall–Kier alpha value is -3.31. The van der Waals surface area contributed by atoms with Crippen LogP contribution in [0.25, 0.3) is 5.70 Å². The SMILES string of the molecule is C=C(NCCc1ccc(Oc2ccccc2)cc1)c1ccc(N2CCOCC2)nc1. The zero-order valence-electron chi connectivity index (χ0n) is 17.1. The van der Waals surface area contributed by atoms with Crippen LogP contribution >= 0.6 is 0 Å². The van der Waals surface area contributed by atoms with E-state index in [1.807, 2.05) is 48.7 Å². The van der Waals surface area contributed by atoms with Crippen molar-refractivity contribution in [2.24, 2.45) is 0 Å². The number of hydrogen-bond acceptors (Lipinski definition) is 5. The van der Waals surface area contributed by atoms with E-state index in [-0.39, 0.29) is 0 Å². The first-order valence-electron chi connectivity index (χ1n) is 10.3. The molecule has 0 amide bonds. The van der Waals surface area contributed by atoms with Gasteiger partial charge in [-0.3, -0.25) is 0 Å². The van der Waals surface area contributed by atoms with Crippen LogP contribution in [0.3, 0.4) is 0 Å². The molecular weight excluding hydrogens is 374 g/mol. The fourth-order valence-corrected chi connectivity index (χ4v) is 3.35. The Balaban J connectivity index is 1.24. The van der Waals surface area contributed by atoms with Crippen LogP contribution in [0.15, 0.2) is 79.5 Å². The van der Waals surface area contributed by atoms with Crippen molar-refractivity contribution in [2.75, 3.05) is 37.7 Å². The zero-order chi connectivity index (χ0) is 20.6. The minimum absolute atomic E-state index is 0.761. The number of hydrogen-bond donors (Lipinski definition) is 1. The summed E-state index contributed by atoms with van der Waals surface area (Å²) >= 11 is 0. The van der Waals surface area contributed by atoms with Gasteiger partial charge >= 0.3 is 0 Å². The molecule has 1 aromatic heterocycles. The number of benzene rings is 2. The van der Waals surface area contributed by atoms with Crippen molar-refractivity contribution in [2.45, 2.75) is 6.42 Å². The second-order valence-electron chi connectivity index (χ2n) is 7.22. The molecule has 1 aliphatic heterocycles. The average Bonchev–Trinajstić information content (AvgIpc) is 2.81. The number of rotatable bonds is 8. The van der Waals surface area contributed by atoms with E-state index in [0.717, 1.165) is 67.8 Å². The predicted octanol–water partition coefficient (Wildman–Crippen LogP) is 4.51. The van der Waals surface area contributed by atoms with Gasteiger partial charge in [0.15, 0.2) is 0 Å². The Morgan fingerprint density at radius 1 is 0.967 bits per heavy atom. The van der Waals surface area contributed by atoms with Gasteiger partial charge < -0.3 is 19.7 Å². The predicted molar refractivity (Wildman–Crippen MR) is 121 cm³/mol. The van der Waals surface area contributed by atoms with Gasteiger partial charge in [0.25, 0.3) is 0 Å². The minimum atomic E-state index is 0.761. The van der Waals surface area contributed by atoms with Crippen LogP contribution in [0.2, 0.25) is 0 Å². The first-order chi connectivity index (χ1) is 14.8. The molecule has 0 bridgehead atoms. The van der Waals surface area contributed by atoms with E-state index in [4.69, 9.17) is 9.47 Å². The van der Waals surface area contributed by atoms with E-state index in [9.17, 15) is 0 Å². The van der Waals surface area contributed by atoms with Crippen LogP contribution in [0.5, 0.6) is 11.5 Å². The third kappa shape index (κ3) is 5.39. The summed E-state index contributed by atoms with van der Waals surface area (Å²) in [6, 6.07) is 22.1. The van der Waals surface area contributed by atoms with E-state index in [2.05, 4.69) is 46.0 Å². The molecule has 154 valence electrons. The van der Waals surface area contributed by atoms with Crippen molar-refractivity contribution >= 4 is 11.5 Å². The van der Waals surface area contributed by atoms with Crippen molar-refractivity contribution in [3.05, 3.63) is 90.6 Å². The molecule has 2 heterocycles. The maximum absolute atomic E-state index is 5.84. The Morgan fingerprint density at radius 3 is 2.40 bits per heavy atom. The summed E-state index contributed by atoms with van der Waals surface area (Å²) in [6.45, 7) is 8.26. The van der Waals surface area contributed by atoms with Gasteiger partial charge in [0, 0.05) is 37.1 Å². The summed E-state index contributed by atoms with van der Waals surface area (Å²) in [5, 5.41) is 3.40. The highest BCUT2D eigenvalue weighted by atomic mass is 16.5. The van der Waals surface area contributed by atoms with Gasteiger partial charge in [-0.1, -0.05) is 36.9 Å². The monoisotopic (exact) mass is 401 g/mol. The molecule has 5 heteroatoms. The molecular formula is C25H27N3O2. The molecule has 0 unspecified atom stereocenters. The summed E-state index contributed by atoms with van der Waals surface area (Å²) in [4.78, 5) is 6.83. The number of anilines is 1. The number of nitrogens with one attached hydrogen (secondary N) is 1. The molecule has 0 aliphatic carbocycles. The topological polar surface area (TPSA) is 46.6 Å². The van der Waals surface area contributed by atoms with Crippen LogP contribution in [-0.2, 0) is 11.2 Å². The lowest BCUT2D eigenvalue weighted by Crippen LogP contribution is -2.36. The lowest BCUT2D eigenvalue weighted by molar-refractivity contribution is 0.122. The summed E-state index contributed by atoms with van der Waals surface area (Å²) < 4.78 is 11.2. The highest BCUT2D eigenvalue weighted by molar-refractivity contribution is 5.62. The lowest BCUT2D eigenvalue weighted by atomic mass is 10.1. The molecule has 1 N–H and O–H groups in total. The second kappa shape index (κ2) is 9.94. The maximum Gasteiger partial charge on any atom is 0.128 e. The van der Waals surface area contributed by atoms with Crippen molar-refractivity contribution in [1.29, 1.82) is 0 Å². The van der Waals surface area contributed by atoms with Gasteiger partial charge in [-0.15, -0.1) is 0 Å². The molecule has 0 radical (unpaired) electrons. The summed E-state index contributed by atoms with van der Waals surface area (Å²) in [5.41, 5.74) is 3.15. The van der Waals surface area contributed by atoms with Gasteiger partial charge in [0.05, 0.1) is 13.2 Å². The fraction of sp³-hybridized carbons (Fsp3) is 0.240. The van der Waals surface area contributed by atoms with E-state index in [1.54, 1.807) is 0 Å². The van der Waals surface area contributed by atoms with E-state index >= 15 is 0 Å². The van der Waals surface area contributed by atoms with Gasteiger partial charge in [0.1, 0.15) is 17.3 Å². The number of morpholine rings is 1. The second-order valence-corrected chi connectivity index (χ2v) is 7.22. The van der Waals surface area contributed by atoms with Gasteiger partial charge in [-0.25, -0.2) is 4.98 Å². The van der Waals surface area contributed by atoms with Crippen molar-refractivity contribution in [3.8, 4) is 11.5 Å². The lowest BCUT2D eigenvalue weighted by Gasteiger charge is -2.27. The first-order valence-corrected chi connectivity index (χ1v) is 10.3. The van der Waals surface area contributed by atoms with Gasteiger partial charge in [0.2, 0.25) is 0 Å². The van der Waals surface area contributed by atoms with Crippen molar-refractivity contribution in [1.82, 2.24) is 10.3 Å². The maximum atomic E-state index is 5.84. The molecule has 1 saturated heterocycles. The fourth-order valence-electron chi connectivity index (χ4n) is 3.35. The van der Waals surface area contributed by atoms with Crippen LogP contribution in [0, 0.1) is 0 Å². The first kappa shape index (κ1) is 20.0. The Kier molecular flexibility index (Phi) is 6.62. The molecule has 0 saturated carbocycles. The van der Waals surface area contributed by atoms with E-state index in [1.165, 1.54) is 5.56 Å². The summed E-state index contributed by atoms with van der Waals surface area (Å²) in [5.74, 6) is 2.68. The smallest absolute Gasteiger partial charge is 0.128 e.